The molecule has 0 spiro atoms. The summed E-state index contributed by atoms with van der Waals surface area (Å²) in [6.45, 7) is 2.79. The van der Waals surface area contributed by atoms with Gasteiger partial charge in [-0.15, -0.1) is 0 Å². The highest BCUT2D eigenvalue weighted by Crippen LogP contribution is 2.29. The fourth-order valence-corrected chi connectivity index (χ4v) is 2.16. The quantitative estimate of drug-likeness (QED) is 0.811. The zero-order valence-corrected chi connectivity index (χ0v) is 10.3. The summed E-state index contributed by atoms with van der Waals surface area (Å²) >= 11 is 0. The minimum Gasteiger partial charge on any atom is -0.395 e. The molecule has 4 heteroatoms. The van der Waals surface area contributed by atoms with Gasteiger partial charge >= 0.3 is 0 Å². The van der Waals surface area contributed by atoms with E-state index in [2.05, 4.69) is 9.88 Å². The third-order valence-electron chi connectivity index (χ3n) is 3.45. The van der Waals surface area contributed by atoms with Crippen LogP contribution in [0.1, 0.15) is 37.8 Å². The van der Waals surface area contributed by atoms with Gasteiger partial charge in [0.2, 0.25) is 0 Å². The summed E-state index contributed by atoms with van der Waals surface area (Å²) in [6.07, 6.45) is 5.48. The van der Waals surface area contributed by atoms with E-state index in [4.69, 9.17) is 10.8 Å². The van der Waals surface area contributed by atoms with E-state index < -0.39 is 0 Å². The van der Waals surface area contributed by atoms with Crippen LogP contribution in [0.2, 0.25) is 0 Å². The predicted octanol–water partition coefficient (Wildman–Crippen LogP) is 1.45. The molecule has 4 nitrogen and oxygen atoms in total. The second kappa shape index (κ2) is 5.47. The first-order chi connectivity index (χ1) is 8.22. The molecule has 1 aromatic rings. The molecule has 0 radical (unpaired) electrons. The lowest BCUT2D eigenvalue weighted by molar-refractivity contribution is 0.283. The molecule has 2 rings (SSSR count). The van der Waals surface area contributed by atoms with Gasteiger partial charge in [-0.25, -0.2) is 4.98 Å². The predicted molar refractivity (Wildman–Crippen MR) is 68.9 cm³/mol. The molecule has 1 heterocycles. The molecule has 1 aromatic heterocycles. The van der Waals surface area contributed by atoms with Crippen molar-refractivity contribution in [1.82, 2.24) is 4.98 Å². The van der Waals surface area contributed by atoms with Crippen molar-refractivity contribution < 1.29 is 5.11 Å². The second-order valence-corrected chi connectivity index (χ2v) is 4.74. The van der Waals surface area contributed by atoms with Crippen LogP contribution in [0.5, 0.6) is 0 Å². The molecule has 3 N–H and O–H groups in total. The molecule has 1 fully saturated rings. The highest BCUT2D eigenvalue weighted by Gasteiger charge is 2.25. The lowest BCUT2D eigenvalue weighted by Gasteiger charge is -2.38. The summed E-state index contributed by atoms with van der Waals surface area (Å²) in [5.74, 6) is 0.943. The van der Waals surface area contributed by atoms with Crippen LogP contribution in [0.3, 0.4) is 0 Å². The summed E-state index contributed by atoms with van der Waals surface area (Å²) in [6, 6.07) is 4.55. The van der Waals surface area contributed by atoms with Crippen LogP contribution in [-0.2, 0) is 0 Å². The van der Waals surface area contributed by atoms with Crippen LogP contribution in [-0.4, -0.2) is 29.3 Å². The molecular weight excluding hydrogens is 214 g/mol. The first-order valence-corrected chi connectivity index (χ1v) is 6.31. The van der Waals surface area contributed by atoms with Gasteiger partial charge in [0, 0.05) is 24.8 Å². The first kappa shape index (κ1) is 12.3. The van der Waals surface area contributed by atoms with E-state index in [0.29, 0.717) is 12.6 Å². The Labute approximate surface area is 102 Å². The zero-order chi connectivity index (χ0) is 12.3. The zero-order valence-electron chi connectivity index (χ0n) is 10.3. The minimum absolute atomic E-state index is 0.0223. The van der Waals surface area contributed by atoms with Crippen molar-refractivity contribution in [2.24, 2.45) is 5.73 Å². The maximum absolute atomic E-state index is 9.15. The van der Waals surface area contributed by atoms with Crippen molar-refractivity contribution in [3.05, 3.63) is 23.9 Å². The van der Waals surface area contributed by atoms with E-state index in [0.717, 1.165) is 11.4 Å². The molecule has 0 bridgehead atoms. The number of aliphatic hydroxyl groups is 1. The lowest BCUT2D eigenvalue weighted by atomic mass is 9.91. The lowest BCUT2D eigenvalue weighted by Crippen LogP contribution is -2.42. The van der Waals surface area contributed by atoms with Gasteiger partial charge in [-0.05, 0) is 43.9 Å². The Morgan fingerprint density at radius 1 is 1.59 bits per heavy atom. The summed E-state index contributed by atoms with van der Waals surface area (Å²) in [7, 11) is 0. The average Bonchev–Trinajstić information content (AvgIpc) is 2.26. The SMILES string of the molecule is C[C@H](N)c1ccnc(N(CCO)C2CCC2)c1. The van der Waals surface area contributed by atoms with E-state index in [9.17, 15) is 0 Å². The molecule has 0 amide bonds. The largest absolute Gasteiger partial charge is 0.395 e. The van der Waals surface area contributed by atoms with Gasteiger partial charge in [0.05, 0.1) is 6.61 Å². The van der Waals surface area contributed by atoms with Gasteiger partial charge < -0.3 is 15.7 Å². The van der Waals surface area contributed by atoms with Crippen LogP contribution in [0.25, 0.3) is 0 Å². The van der Waals surface area contributed by atoms with Gasteiger partial charge in [-0.1, -0.05) is 0 Å². The van der Waals surface area contributed by atoms with E-state index in [1.54, 1.807) is 6.20 Å². The van der Waals surface area contributed by atoms with E-state index >= 15 is 0 Å². The maximum atomic E-state index is 9.15. The van der Waals surface area contributed by atoms with Crippen LogP contribution >= 0.6 is 0 Å². The molecule has 94 valence electrons. The van der Waals surface area contributed by atoms with Crippen LogP contribution < -0.4 is 10.6 Å². The Kier molecular flexibility index (Phi) is 3.97. The fourth-order valence-electron chi connectivity index (χ4n) is 2.16. The number of aliphatic hydroxyl groups excluding tert-OH is 1. The van der Waals surface area contributed by atoms with Crippen molar-refractivity contribution in [3.63, 3.8) is 0 Å². The first-order valence-electron chi connectivity index (χ1n) is 6.31. The summed E-state index contributed by atoms with van der Waals surface area (Å²) < 4.78 is 0. The van der Waals surface area contributed by atoms with E-state index in [1.165, 1.54) is 19.3 Å². The number of aromatic nitrogens is 1. The molecule has 0 saturated heterocycles. The van der Waals surface area contributed by atoms with E-state index in [-0.39, 0.29) is 12.6 Å². The summed E-state index contributed by atoms with van der Waals surface area (Å²) in [4.78, 5) is 6.61. The molecule has 1 aliphatic rings. The molecule has 0 unspecified atom stereocenters. The van der Waals surface area contributed by atoms with Gasteiger partial charge in [-0.3, -0.25) is 0 Å². The molecule has 0 aromatic carbocycles. The standard InChI is InChI=1S/C13H21N3O/c1-10(14)11-5-6-15-13(9-11)16(7-8-17)12-3-2-4-12/h5-6,9-10,12,17H,2-4,7-8,14H2,1H3/t10-/m0/s1. The number of nitrogens with two attached hydrogens (primary N) is 1. The Morgan fingerprint density at radius 3 is 2.88 bits per heavy atom. The van der Waals surface area contributed by atoms with Crippen molar-refractivity contribution in [2.75, 3.05) is 18.1 Å². The number of pyridine rings is 1. The van der Waals surface area contributed by atoms with Gasteiger partial charge in [0.15, 0.2) is 0 Å². The number of hydrogen-bond donors (Lipinski definition) is 2. The van der Waals surface area contributed by atoms with Crippen LogP contribution in [0, 0.1) is 0 Å². The second-order valence-electron chi connectivity index (χ2n) is 4.74. The molecule has 1 saturated carbocycles. The molecule has 1 atom stereocenters. The molecule has 17 heavy (non-hydrogen) atoms. The molecule has 0 aliphatic heterocycles. The molecular formula is C13H21N3O. The number of nitrogens with zero attached hydrogens (tertiary/aromatic N) is 2. The Morgan fingerprint density at radius 2 is 2.35 bits per heavy atom. The number of anilines is 1. The van der Waals surface area contributed by atoms with Crippen LogP contribution in [0.4, 0.5) is 5.82 Å². The smallest absolute Gasteiger partial charge is 0.129 e. The number of rotatable bonds is 5. The Hall–Kier alpha value is -1.13. The number of hydrogen-bond acceptors (Lipinski definition) is 4. The monoisotopic (exact) mass is 235 g/mol. The summed E-state index contributed by atoms with van der Waals surface area (Å²) in [5.41, 5.74) is 6.98. The van der Waals surface area contributed by atoms with Crippen molar-refractivity contribution in [2.45, 2.75) is 38.3 Å². The Balaban J connectivity index is 2.19. The third kappa shape index (κ3) is 2.76. The van der Waals surface area contributed by atoms with Crippen molar-refractivity contribution in [1.29, 1.82) is 0 Å². The van der Waals surface area contributed by atoms with Gasteiger partial charge in [0.1, 0.15) is 5.82 Å². The normalized spacial score (nSPS) is 17.6. The van der Waals surface area contributed by atoms with Gasteiger partial charge in [0.25, 0.3) is 0 Å². The van der Waals surface area contributed by atoms with E-state index in [1.807, 2.05) is 19.1 Å². The van der Waals surface area contributed by atoms with Crippen molar-refractivity contribution >= 4 is 5.82 Å². The topological polar surface area (TPSA) is 62.4 Å². The third-order valence-corrected chi connectivity index (χ3v) is 3.45. The van der Waals surface area contributed by atoms with Gasteiger partial charge in [-0.2, -0.15) is 0 Å². The molecule has 1 aliphatic carbocycles. The van der Waals surface area contributed by atoms with Crippen molar-refractivity contribution in [3.8, 4) is 0 Å². The highest BCUT2D eigenvalue weighted by atomic mass is 16.3. The fraction of sp³-hybridized carbons (Fsp3) is 0.615. The maximum Gasteiger partial charge on any atom is 0.129 e. The minimum atomic E-state index is 0.0223. The Bertz CT molecular complexity index is 363. The summed E-state index contributed by atoms with van der Waals surface area (Å²) in [5, 5.41) is 9.15. The highest BCUT2D eigenvalue weighted by molar-refractivity contribution is 5.43. The van der Waals surface area contributed by atoms with Crippen LogP contribution in [0.15, 0.2) is 18.3 Å². The average molecular weight is 235 g/mol.